The molecule has 1 aliphatic carbocycles. The highest BCUT2D eigenvalue weighted by molar-refractivity contribution is 4.84. The molecule has 1 saturated carbocycles. The van der Waals surface area contributed by atoms with Crippen molar-refractivity contribution in [3.8, 4) is 0 Å². The van der Waals surface area contributed by atoms with Crippen LogP contribution in [0.2, 0.25) is 0 Å². The summed E-state index contributed by atoms with van der Waals surface area (Å²) in [7, 11) is 0. The molecule has 1 rings (SSSR count). The van der Waals surface area contributed by atoms with Gasteiger partial charge in [0.1, 0.15) is 0 Å². The molecule has 72 valence electrons. The number of hydrogen-bond donors (Lipinski definition) is 1. The van der Waals surface area contributed by atoms with Crippen molar-refractivity contribution in [1.82, 2.24) is 0 Å². The van der Waals surface area contributed by atoms with E-state index in [1.807, 2.05) is 0 Å². The molecule has 0 aromatic rings. The van der Waals surface area contributed by atoms with Crippen molar-refractivity contribution in [2.75, 3.05) is 6.54 Å². The first-order valence-electron chi connectivity index (χ1n) is 5.53. The van der Waals surface area contributed by atoms with Gasteiger partial charge in [-0.2, -0.15) is 0 Å². The predicted octanol–water partition coefficient (Wildman–Crippen LogP) is 3.09. The van der Waals surface area contributed by atoms with E-state index in [4.69, 9.17) is 5.73 Å². The fourth-order valence-electron chi connectivity index (χ4n) is 2.76. The van der Waals surface area contributed by atoms with Gasteiger partial charge in [0.2, 0.25) is 0 Å². The van der Waals surface area contributed by atoms with E-state index in [0.29, 0.717) is 5.41 Å². The summed E-state index contributed by atoms with van der Waals surface area (Å²) in [4.78, 5) is 0. The molecule has 0 saturated heterocycles. The first kappa shape index (κ1) is 10.0. The molecule has 1 fully saturated rings. The smallest absolute Gasteiger partial charge is 0.00771 e. The monoisotopic (exact) mass is 169 g/mol. The van der Waals surface area contributed by atoms with Crippen LogP contribution in [0, 0.1) is 5.41 Å². The van der Waals surface area contributed by atoms with Crippen LogP contribution >= 0.6 is 0 Å². The molecule has 0 bridgehead atoms. The van der Waals surface area contributed by atoms with Crippen LogP contribution in [0.5, 0.6) is 0 Å². The van der Waals surface area contributed by atoms with E-state index in [-0.39, 0.29) is 0 Å². The van der Waals surface area contributed by atoms with Gasteiger partial charge >= 0.3 is 0 Å². The molecule has 0 radical (unpaired) electrons. The fourth-order valence-corrected chi connectivity index (χ4v) is 2.76. The van der Waals surface area contributed by atoms with E-state index in [1.54, 1.807) is 0 Å². The molecule has 1 heteroatoms. The highest BCUT2D eigenvalue weighted by Crippen LogP contribution is 2.45. The lowest BCUT2D eigenvalue weighted by Crippen LogP contribution is -2.17. The highest BCUT2D eigenvalue weighted by atomic mass is 14.5. The summed E-state index contributed by atoms with van der Waals surface area (Å²) < 4.78 is 0. The van der Waals surface area contributed by atoms with E-state index in [0.717, 1.165) is 6.54 Å². The lowest BCUT2D eigenvalue weighted by molar-refractivity contribution is 0.241. The SMILES string of the molecule is CCCC1(CCCN)CCCC1. The van der Waals surface area contributed by atoms with Gasteiger partial charge in [-0.3, -0.25) is 0 Å². The quantitative estimate of drug-likeness (QED) is 0.672. The Balaban J connectivity index is 2.35. The maximum Gasteiger partial charge on any atom is -0.00771 e. The second-order valence-corrected chi connectivity index (χ2v) is 4.35. The van der Waals surface area contributed by atoms with Gasteiger partial charge in [0.15, 0.2) is 0 Å². The molecule has 2 N–H and O–H groups in total. The Morgan fingerprint density at radius 1 is 1.17 bits per heavy atom. The van der Waals surface area contributed by atoms with Gasteiger partial charge in [0.25, 0.3) is 0 Å². The third-order valence-corrected chi connectivity index (χ3v) is 3.36. The lowest BCUT2D eigenvalue weighted by Gasteiger charge is -2.28. The van der Waals surface area contributed by atoms with Crippen LogP contribution in [0.4, 0.5) is 0 Å². The molecule has 0 heterocycles. The van der Waals surface area contributed by atoms with Crippen LogP contribution in [-0.4, -0.2) is 6.54 Å². The minimum atomic E-state index is 0.716. The summed E-state index contributed by atoms with van der Waals surface area (Å²) >= 11 is 0. The minimum Gasteiger partial charge on any atom is -0.330 e. The zero-order valence-electron chi connectivity index (χ0n) is 8.44. The van der Waals surface area contributed by atoms with Crippen LogP contribution in [0.3, 0.4) is 0 Å². The molecule has 0 spiro atoms. The summed E-state index contributed by atoms with van der Waals surface area (Å²) in [5.74, 6) is 0. The Hall–Kier alpha value is -0.0400. The molecule has 0 atom stereocenters. The maximum atomic E-state index is 5.56. The molecule has 0 aromatic carbocycles. The zero-order valence-corrected chi connectivity index (χ0v) is 8.44. The van der Waals surface area contributed by atoms with Crippen LogP contribution < -0.4 is 5.73 Å². The Morgan fingerprint density at radius 3 is 2.33 bits per heavy atom. The Kier molecular flexibility index (Phi) is 4.07. The largest absolute Gasteiger partial charge is 0.330 e. The summed E-state index contributed by atoms with van der Waals surface area (Å²) in [5, 5.41) is 0. The number of hydrogen-bond acceptors (Lipinski definition) is 1. The first-order valence-corrected chi connectivity index (χ1v) is 5.53. The average molecular weight is 169 g/mol. The molecule has 12 heavy (non-hydrogen) atoms. The Labute approximate surface area is 76.7 Å². The second-order valence-electron chi connectivity index (χ2n) is 4.35. The number of nitrogens with two attached hydrogens (primary N) is 1. The molecular weight excluding hydrogens is 146 g/mol. The minimum absolute atomic E-state index is 0.716. The van der Waals surface area contributed by atoms with Crippen molar-refractivity contribution in [3.63, 3.8) is 0 Å². The molecule has 1 aliphatic rings. The second kappa shape index (κ2) is 4.86. The van der Waals surface area contributed by atoms with Gasteiger partial charge in [0, 0.05) is 0 Å². The highest BCUT2D eigenvalue weighted by Gasteiger charge is 2.31. The fraction of sp³-hybridized carbons (Fsp3) is 1.00. The van der Waals surface area contributed by atoms with E-state index < -0.39 is 0 Å². The van der Waals surface area contributed by atoms with Crippen molar-refractivity contribution in [1.29, 1.82) is 0 Å². The third kappa shape index (κ3) is 2.48. The van der Waals surface area contributed by atoms with Crippen LogP contribution in [0.1, 0.15) is 58.3 Å². The van der Waals surface area contributed by atoms with Gasteiger partial charge in [-0.05, 0) is 44.1 Å². The van der Waals surface area contributed by atoms with Gasteiger partial charge in [0.05, 0.1) is 0 Å². The van der Waals surface area contributed by atoms with Gasteiger partial charge in [-0.15, -0.1) is 0 Å². The predicted molar refractivity (Wildman–Crippen MR) is 54.1 cm³/mol. The lowest BCUT2D eigenvalue weighted by atomic mass is 9.78. The van der Waals surface area contributed by atoms with Crippen molar-refractivity contribution < 1.29 is 0 Å². The number of rotatable bonds is 5. The summed E-state index contributed by atoms with van der Waals surface area (Å²) in [6.07, 6.45) is 11.3. The maximum absolute atomic E-state index is 5.56. The van der Waals surface area contributed by atoms with Crippen LogP contribution in [0.15, 0.2) is 0 Å². The van der Waals surface area contributed by atoms with Gasteiger partial charge in [-0.25, -0.2) is 0 Å². The van der Waals surface area contributed by atoms with E-state index in [9.17, 15) is 0 Å². The van der Waals surface area contributed by atoms with Crippen LogP contribution in [0.25, 0.3) is 0 Å². The van der Waals surface area contributed by atoms with Crippen molar-refractivity contribution in [2.24, 2.45) is 11.1 Å². The van der Waals surface area contributed by atoms with Gasteiger partial charge < -0.3 is 5.73 Å². The molecule has 1 nitrogen and oxygen atoms in total. The van der Waals surface area contributed by atoms with Gasteiger partial charge in [-0.1, -0.05) is 26.2 Å². The van der Waals surface area contributed by atoms with E-state index in [2.05, 4.69) is 6.92 Å². The molecule has 0 aliphatic heterocycles. The Bertz CT molecular complexity index is 114. The third-order valence-electron chi connectivity index (χ3n) is 3.36. The average Bonchev–Trinajstić information content (AvgIpc) is 2.51. The summed E-state index contributed by atoms with van der Waals surface area (Å²) in [6.45, 7) is 3.19. The van der Waals surface area contributed by atoms with Crippen molar-refractivity contribution >= 4 is 0 Å². The molecule has 0 unspecified atom stereocenters. The molecule has 0 aromatic heterocycles. The first-order chi connectivity index (χ1) is 5.83. The summed E-state index contributed by atoms with van der Waals surface area (Å²) in [6, 6.07) is 0. The van der Waals surface area contributed by atoms with Crippen molar-refractivity contribution in [2.45, 2.75) is 58.3 Å². The standard InChI is InChI=1S/C11H23N/c1-2-6-11(9-5-10-12)7-3-4-8-11/h2-10,12H2,1H3. The zero-order chi connectivity index (χ0) is 8.86. The molecular formula is C11H23N. The Morgan fingerprint density at radius 2 is 1.83 bits per heavy atom. The van der Waals surface area contributed by atoms with Crippen molar-refractivity contribution in [3.05, 3.63) is 0 Å². The molecule has 0 amide bonds. The van der Waals surface area contributed by atoms with Crippen LogP contribution in [-0.2, 0) is 0 Å². The van der Waals surface area contributed by atoms with E-state index in [1.165, 1.54) is 51.4 Å². The topological polar surface area (TPSA) is 26.0 Å². The van der Waals surface area contributed by atoms with E-state index >= 15 is 0 Å². The summed E-state index contributed by atoms with van der Waals surface area (Å²) in [5.41, 5.74) is 6.28. The normalized spacial score (nSPS) is 21.5.